The second-order valence-electron chi connectivity index (χ2n) is 12.7. The van der Waals surface area contributed by atoms with Crippen molar-refractivity contribution in [1.29, 1.82) is 0 Å². The minimum atomic E-state index is 0. The lowest BCUT2D eigenvalue weighted by molar-refractivity contribution is -0.00100. The van der Waals surface area contributed by atoms with Crippen molar-refractivity contribution in [3.8, 4) is 0 Å². The summed E-state index contributed by atoms with van der Waals surface area (Å²) >= 11 is 0. The van der Waals surface area contributed by atoms with Gasteiger partial charge in [-0.2, -0.15) is 0 Å². The van der Waals surface area contributed by atoms with Gasteiger partial charge in [0.15, 0.2) is 0 Å². The van der Waals surface area contributed by atoms with Crippen LogP contribution in [0.5, 0.6) is 0 Å². The second-order valence-corrected chi connectivity index (χ2v) is 12.7. The smallest absolute Gasteiger partial charge is 0.0558 e. The molecule has 10 heteroatoms. The number of halogens is 2. The van der Waals surface area contributed by atoms with Crippen molar-refractivity contribution >= 4 is 0 Å². The standard InChI is InChI=1S/C16H31N3O.C14H29N3O.2ClH/c1-17(12-13-20)14-15(18-8-4-2-5-9-18)16(14)19-10-6-3-7-11-19;1-4-15(2)12-13(16(3)10-11-18)14(12)17-8-6-5-7-9-17;;/h14-16,20H,2-13H2,1H3;12-14,18H,4-11H2,1-3H3;2*1H/p-2. The number of aliphatic hydroxyl groups is 2. The summed E-state index contributed by atoms with van der Waals surface area (Å²) in [6.07, 6.45) is 12.4. The van der Waals surface area contributed by atoms with Gasteiger partial charge >= 0.3 is 0 Å². The topological polar surface area (TPSA) is 59.9 Å². The summed E-state index contributed by atoms with van der Waals surface area (Å²) in [5.41, 5.74) is 0. The first-order chi connectivity index (χ1) is 18.5. The van der Waals surface area contributed by atoms with Crippen LogP contribution in [-0.2, 0) is 0 Å². The summed E-state index contributed by atoms with van der Waals surface area (Å²) in [7, 11) is 6.58. The minimum Gasteiger partial charge on any atom is -1.00 e. The molecule has 5 unspecified atom stereocenters. The average molecular weight is 608 g/mol. The highest BCUT2D eigenvalue weighted by Crippen LogP contribution is 2.40. The Hall–Kier alpha value is 0.260. The molecule has 0 spiro atoms. The fraction of sp³-hybridized carbons (Fsp3) is 1.00. The molecule has 5 atom stereocenters. The first kappa shape index (κ1) is 36.5. The molecule has 40 heavy (non-hydrogen) atoms. The highest BCUT2D eigenvalue weighted by molar-refractivity contribution is 5.18. The Kier molecular flexibility index (Phi) is 16.5. The molecule has 5 aliphatic rings. The lowest BCUT2D eigenvalue weighted by Gasteiger charge is -2.30. The van der Waals surface area contributed by atoms with Crippen LogP contribution in [-0.4, -0.2) is 169 Å². The van der Waals surface area contributed by atoms with Crippen molar-refractivity contribution in [2.45, 2.75) is 101 Å². The van der Waals surface area contributed by atoms with Gasteiger partial charge in [0, 0.05) is 49.3 Å². The van der Waals surface area contributed by atoms with E-state index >= 15 is 0 Å². The van der Waals surface area contributed by atoms with E-state index in [4.69, 9.17) is 5.11 Å². The number of aliphatic hydroxyl groups excluding tert-OH is 2. The van der Waals surface area contributed by atoms with E-state index < -0.39 is 0 Å². The summed E-state index contributed by atoms with van der Waals surface area (Å²) in [6, 6.07) is 4.06. The first-order valence-electron chi connectivity index (χ1n) is 16.1. The zero-order valence-electron chi connectivity index (χ0n) is 25.9. The van der Waals surface area contributed by atoms with E-state index in [0.717, 1.165) is 31.7 Å². The molecular formula is C30H60Cl2N6O2-2. The van der Waals surface area contributed by atoms with Crippen molar-refractivity contribution in [3.05, 3.63) is 0 Å². The predicted molar refractivity (Wildman–Crippen MR) is 157 cm³/mol. The van der Waals surface area contributed by atoms with Gasteiger partial charge in [0.1, 0.15) is 0 Å². The Bertz CT molecular complexity index is 655. The molecule has 0 aromatic rings. The van der Waals surface area contributed by atoms with Crippen LogP contribution in [0.25, 0.3) is 0 Å². The van der Waals surface area contributed by atoms with Crippen molar-refractivity contribution in [1.82, 2.24) is 29.4 Å². The molecule has 0 amide bonds. The maximum absolute atomic E-state index is 9.24. The van der Waals surface area contributed by atoms with E-state index in [2.05, 4.69) is 57.5 Å². The molecule has 2 saturated carbocycles. The lowest BCUT2D eigenvalue weighted by atomic mass is 10.1. The van der Waals surface area contributed by atoms with Crippen LogP contribution in [0, 0.1) is 0 Å². The van der Waals surface area contributed by atoms with Crippen LogP contribution in [0.1, 0.15) is 64.7 Å². The number of hydrogen-bond donors (Lipinski definition) is 2. The highest BCUT2D eigenvalue weighted by atomic mass is 35.5. The summed E-state index contributed by atoms with van der Waals surface area (Å²) in [5, 5.41) is 18.4. The molecule has 0 aromatic carbocycles. The number of likely N-dealkylation sites (tertiary alicyclic amines) is 3. The summed E-state index contributed by atoms with van der Waals surface area (Å²) in [6.45, 7) is 13.2. The van der Waals surface area contributed by atoms with Gasteiger partial charge in [-0.05, 0) is 105 Å². The molecular weight excluding hydrogens is 547 g/mol. The quantitative estimate of drug-likeness (QED) is 0.244. The molecule has 2 aliphatic carbocycles. The molecule has 238 valence electrons. The van der Waals surface area contributed by atoms with Gasteiger partial charge in [-0.3, -0.25) is 24.5 Å². The second kappa shape index (κ2) is 18.2. The van der Waals surface area contributed by atoms with Crippen LogP contribution in [0.4, 0.5) is 0 Å². The zero-order valence-corrected chi connectivity index (χ0v) is 27.5. The largest absolute Gasteiger partial charge is 1.00 e. The van der Waals surface area contributed by atoms with Crippen molar-refractivity contribution < 1.29 is 35.0 Å². The molecule has 3 aliphatic heterocycles. The van der Waals surface area contributed by atoms with Crippen LogP contribution < -0.4 is 24.8 Å². The molecule has 5 rings (SSSR count). The van der Waals surface area contributed by atoms with Crippen molar-refractivity contribution in [2.75, 3.05) is 93.3 Å². The van der Waals surface area contributed by atoms with Crippen molar-refractivity contribution in [2.24, 2.45) is 0 Å². The summed E-state index contributed by atoms with van der Waals surface area (Å²) < 4.78 is 0. The minimum absolute atomic E-state index is 0. The lowest BCUT2D eigenvalue weighted by Crippen LogP contribution is -3.00. The molecule has 0 aromatic heterocycles. The number of piperidine rings is 3. The van der Waals surface area contributed by atoms with Gasteiger partial charge in [-0.1, -0.05) is 26.2 Å². The zero-order chi connectivity index (χ0) is 27.1. The SMILES string of the molecule is CCN(C)C1C(N(C)CCO)C1N1CCCCC1.CN(CCO)C1C(N2CCCCC2)C1N1CCCCC1.[Cl-].[Cl-]. The summed E-state index contributed by atoms with van der Waals surface area (Å²) in [4.78, 5) is 15.4. The molecule has 2 N–H and O–H groups in total. The highest BCUT2D eigenvalue weighted by Gasteiger charge is 2.58. The van der Waals surface area contributed by atoms with E-state index in [1.807, 2.05) is 0 Å². The molecule has 0 radical (unpaired) electrons. The van der Waals surface area contributed by atoms with Crippen molar-refractivity contribution in [3.63, 3.8) is 0 Å². The Labute approximate surface area is 258 Å². The van der Waals surface area contributed by atoms with Gasteiger partial charge in [0.25, 0.3) is 0 Å². The van der Waals surface area contributed by atoms with Crippen LogP contribution in [0.3, 0.4) is 0 Å². The Balaban J connectivity index is 0.000000268. The van der Waals surface area contributed by atoms with E-state index in [9.17, 15) is 5.11 Å². The van der Waals surface area contributed by atoms with Gasteiger partial charge in [-0.25, -0.2) is 0 Å². The predicted octanol–water partition coefficient (Wildman–Crippen LogP) is -4.52. The Morgan fingerprint density at radius 1 is 0.500 bits per heavy atom. The average Bonchev–Trinajstić information content (AvgIpc) is 3.88. The molecule has 8 nitrogen and oxygen atoms in total. The van der Waals surface area contributed by atoms with Crippen LogP contribution in [0.15, 0.2) is 0 Å². The van der Waals surface area contributed by atoms with E-state index in [1.165, 1.54) is 97.1 Å². The van der Waals surface area contributed by atoms with E-state index in [0.29, 0.717) is 24.2 Å². The van der Waals surface area contributed by atoms with Gasteiger partial charge in [0.2, 0.25) is 0 Å². The molecule has 0 bridgehead atoms. The van der Waals surface area contributed by atoms with Gasteiger partial charge < -0.3 is 39.9 Å². The normalized spacial score (nSPS) is 33.2. The third kappa shape index (κ3) is 9.13. The van der Waals surface area contributed by atoms with E-state index in [-0.39, 0.29) is 38.0 Å². The molecule has 3 heterocycles. The fourth-order valence-electron chi connectivity index (χ4n) is 7.86. The third-order valence-electron chi connectivity index (χ3n) is 10.2. The van der Waals surface area contributed by atoms with Gasteiger partial charge in [0.05, 0.1) is 13.2 Å². The maximum atomic E-state index is 9.24. The summed E-state index contributed by atoms with van der Waals surface area (Å²) in [5.74, 6) is 0. The Morgan fingerprint density at radius 3 is 1.18 bits per heavy atom. The first-order valence-corrected chi connectivity index (χ1v) is 16.1. The number of rotatable bonds is 11. The van der Waals surface area contributed by atoms with Crippen LogP contribution >= 0.6 is 0 Å². The molecule has 5 fully saturated rings. The maximum Gasteiger partial charge on any atom is 0.0558 e. The molecule has 3 saturated heterocycles. The monoisotopic (exact) mass is 606 g/mol. The number of nitrogens with zero attached hydrogens (tertiary/aromatic N) is 6. The number of hydrogen-bond acceptors (Lipinski definition) is 8. The Morgan fingerprint density at radius 2 is 0.825 bits per heavy atom. The van der Waals surface area contributed by atoms with Gasteiger partial charge in [-0.15, -0.1) is 0 Å². The van der Waals surface area contributed by atoms with E-state index in [1.54, 1.807) is 0 Å². The number of likely N-dealkylation sites (N-methyl/N-ethyl adjacent to an activating group) is 3. The fourth-order valence-corrected chi connectivity index (χ4v) is 7.86. The third-order valence-corrected chi connectivity index (χ3v) is 10.2. The van der Waals surface area contributed by atoms with Crippen LogP contribution in [0.2, 0.25) is 0 Å².